The highest BCUT2D eigenvalue weighted by Crippen LogP contribution is 2.33. The maximum Gasteiger partial charge on any atom is 0.223 e. The molecule has 0 spiro atoms. The van der Waals surface area contributed by atoms with Gasteiger partial charge in [-0.1, -0.05) is 19.1 Å². The van der Waals surface area contributed by atoms with Crippen molar-refractivity contribution in [2.75, 3.05) is 40.1 Å². The van der Waals surface area contributed by atoms with Crippen LogP contribution in [0, 0.1) is 5.41 Å². The molecule has 3 rings (SSSR count). The molecule has 0 radical (unpaired) electrons. The monoisotopic (exact) mass is 403 g/mol. The van der Waals surface area contributed by atoms with Crippen molar-refractivity contribution in [1.29, 1.82) is 0 Å². The van der Waals surface area contributed by atoms with E-state index < -0.39 is 0 Å². The van der Waals surface area contributed by atoms with Crippen LogP contribution in [0.1, 0.15) is 38.2 Å². The maximum absolute atomic E-state index is 12.8. The van der Waals surface area contributed by atoms with E-state index in [1.807, 2.05) is 23.1 Å². The van der Waals surface area contributed by atoms with Crippen molar-refractivity contribution < 1.29 is 23.7 Å². The number of amides is 1. The summed E-state index contributed by atoms with van der Waals surface area (Å²) in [5, 5.41) is 0. The standard InChI is InChI=1S/C23H33NO5/c1-4-5-8-22(25)24(14-19-7-6-11-28-19)13-18-9-10-20(26-3)21(12-18)29-17-23(2)15-27-16-23/h4,9-10,12,19H,1,5-8,11,13-17H2,2-3H3/t19-/m1/s1. The second-order valence-corrected chi connectivity index (χ2v) is 8.31. The number of carbonyl (C=O) groups is 1. The van der Waals surface area contributed by atoms with Crippen molar-refractivity contribution in [3.05, 3.63) is 36.4 Å². The molecule has 1 atom stereocenters. The first-order valence-electron chi connectivity index (χ1n) is 10.4. The summed E-state index contributed by atoms with van der Waals surface area (Å²) in [6.45, 7) is 9.79. The minimum atomic E-state index is 0.0491. The van der Waals surface area contributed by atoms with E-state index in [4.69, 9.17) is 18.9 Å². The van der Waals surface area contributed by atoms with Crippen LogP contribution in [-0.2, 0) is 20.8 Å². The lowest BCUT2D eigenvalue weighted by Crippen LogP contribution is -2.44. The van der Waals surface area contributed by atoms with E-state index in [1.54, 1.807) is 13.2 Å². The van der Waals surface area contributed by atoms with Gasteiger partial charge in [0.15, 0.2) is 11.5 Å². The molecule has 2 saturated heterocycles. The minimum Gasteiger partial charge on any atom is -0.493 e. The van der Waals surface area contributed by atoms with Crippen molar-refractivity contribution in [2.24, 2.45) is 5.41 Å². The van der Waals surface area contributed by atoms with Gasteiger partial charge in [0.1, 0.15) is 0 Å². The topological polar surface area (TPSA) is 57.2 Å². The molecule has 6 nitrogen and oxygen atoms in total. The van der Waals surface area contributed by atoms with Crippen LogP contribution in [0.25, 0.3) is 0 Å². The van der Waals surface area contributed by atoms with E-state index in [0.717, 1.165) is 25.0 Å². The van der Waals surface area contributed by atoms with Crippen molar-refractivity contribution in [2.45, 2.75) is 45.3 Å². The van der Waals surface area contributed by atoms with Gasteiger partial charge in [-0.05, 0) is 37.0 Å². The average molecular weight is 404 g/mol. The predicted molar refractivity (Wildman–Crippen MR) is 111 cm³/mol. The molecule has 0 bridgehead atoms. The number of carbonyl (C=O) groups excluding carboxylic acids is 1. The quantitative estimate of drug-likeness (QED) is 0.529. The smallest absolute Gasteiger partial charge is 0.223 e. The third-order valence-electron chi connectivity index (χ3n) is 5.44. The number of ether oxygens (including phenoxy) is 4. The highest BCUT2D eigenvalue weighted by atomic mass is 16.5. The van der Waals surface area contributed by atoms with Gasteiger partial charge in [-0.15, -0.1) is 6.58 Å². The van der Waals surface area contributed by atoms with Crippen LogP contribution in [0.4, 0.5) is 0 Å². The summed E-state index contributed by atoms with van der Waals surface area (Å²) in [7, 11) is 1.64. The molecule has 0 aliphatic carbocycles. The Morgan fingerprint density at radius 3 is 2.83 bits per heavy atom. The molecule has 0 N–H and O–H groups in total. The van der Waals surface area contributed by atoms with Gasteiger partial charge in [0.2, 0.25) is 5.91 Å². The van der Waals surface area contributed by atoms with Crippen LogP contribution in [0.15, 0.2) is 30.9 Å². The van der Waals surface area contributed by atoms with Crippen molar-refractivity contribution in [1.82, 2.24) is 4.90 Å². The first kappa shape index (κ1) is 21.7. The molecule has 160 valence electrons. The molecule has 2 heterocycles. The van der Waals surface area contributed by atoms with Gasteiger partial charge in [0.25, 0.3) is 0 Å². The summed E-state index contributed by atoms with van der Waals surface area (Å²) in [6, 6.07) is 5.87. The van der Waals surface area contributed by atoms with Crippen LogP contribution < -0.4 is 9.47 Å². The number of allylic oxidation sites excluding steroid dienone is 1. The first-order chi connectivity index (χ1) is 14.0. The van der Waals surface area contributed by atoms with E-state index in [1.165, 1.54) is 0 Å². The zero-order valence-corrected chi connectivity index (χ0v) is 17.7. The van der Waals surface area contributed by atoms with E-state index in [0.29, 0.717) is 57.3 Å². The molecule has 2 aliphatic rings. The zero-order chi connectivity index (χ0) is 20.7. The van der Waals surface area contributed by atoms with Gasteiger partial charge in [-0.25, -0.2) is 0 Å². The average Bonchev–Trinajstić information content (AvgIpc) is 3.21. The molecule has 0 aromatic heterocycles. The normalized spacial score (nSPS) is 20.0. The molecule has 1 aromatic carbocycles. The SMILES string of the molecule is C=CCCC(=O)N(Cc1ccc(OC)c(OCC2(C)COC2)c1)C[C@H]1CCCO1. The summed E-state index contributed by atoms with van der Waals surface area (Å²) in [4.78, 5) is 14.7. The number of hydrogen-bond acceptors (Lipinski definition) is 5. The second kappa shape index (κ2) is 10.1. The molecular weight excluding hydrogens is 370 g/mol. The molecule has 29 heavy (non-hydrogen) atoms. The number of methoxy groups -OCH3 is 1. The van der Waals surface area contributed by atoms with Gasteiger partial charge in [-0.2, -0.15) is 0 Å². The summed E-state index contributed by atoms with van der Waals surface area (Å²) >= 11 is 0. The molecule has 0 saturated carbocycles. The van der Waals surface area contributed by atoms with Gasteiger partial charge in [0.05, 0.1) is 33.0 Å². The van der Waals surface area contributed by atoms with Crippen LogP contribution in [0.2, 0.25) is 0 Å². The molecule has 6 heteroatoms. The Hall–Kier alpha value is -2.05. The lowest BCUT2D eigenvalue weighted by atomic mass is 9.90. The Kier molecular flexibility index (Phi) is 7.56. The van der Waals surface area contributed by atoms with E-state index in [-0.39, 0.29) is 17.4 Å². The van der Waals surface area contributed by atoms with Crippen LogP contribution in [0.5, 0.6) is 11.5 Å². The summed E-state index contributed by atoms with van der Waals surface area (Å²) in [6.07, 6.45) is 5.11. The minimum absolute atomic E-state index is 0.0491. The second-order valence-electron chi connectivity index (χ2n) is 8.31. The Morgan fingerprint density at radius 1 is 1.38 bits per heavy atom. The zero-order valence-electron chi connectivity index (χ0n) is 17.7. The molecule has 1 aromatic rings. The largest absolute Gasteiger partial charge is 0.493 e. The molecule has 1 amide bonds. The number of benzene rings is 1. The number of nitrogens with zero attached hydrogens (tertiary/aromatic N) is 1. The van der Waals surface area contributed by atoms with Gasteiger partial charge in [0, 0.05) is 31.5 Å². The van der Waals surface area contributed by atoms with Crippen LogP contribution in [-0.4, -0.2) is 57.0 Å². The van der Waals surface area contributed by atoms with E-state index in [2.05, 4.69) is 13.5 Å². The van der Waals surface area contributed by atoms with Crippen molar-refractivity contribution >= 4 is 5.91 Å². The number of rotatable bonds is 11. The van der Waals surface area contributed by atoms with E-state index in [9.17, 15) is 4.79 Å². The molecule has 2 aliphatic heterocycles. The third kappa shape index (κ3) is 5.97. The maximum atomic E-state index is 12.8. The predicted octanol–water partition coefficient (Wildman–Crippen LogP) is 3.58. The van der Waals surface area contributed by atoms with Crippen LogP contribution in [0.3, 0.4) is 0 Å². The highest BCUT2D eigenvalue weighted by molar-refractivity contribution is 5.76. The fourth-order valence-electron chi connectivity index (χ4n) is 3.61. The first-order valence-corrected chi connectivity index (χ1v) is 10.4. The fraction of sp³-hybridized carbons (Fsp3) is 0.609. The molecule has 2 fully saturated rings. The Balaban J connectivity index is 1.70. The summed E-state index contributed by atoms with van der Waals surface area (Å²) < 4.78 is 22.6. The molecular formula is C23H33NO5. The highest BCUT2D eigenvalue weighted by Gasteiger charge is 2.34. The lowest BCUT2D eigenvalue weighted by Gasteiger charge is -2.37. The van der Waals surface area contributed by atoms with Gasteiger partial charge in [-0.3, -0.25) is 4.79 Å². The van der Waals surface area contributed by atoms with Crippen LogP contribution >= 0.6 is 0 Å². The summed E-state index contributed by atoms with van der Waals surface area (Å²) in [5.74, 6) is 1.52. The van der Waals surface area contributed by atoms with Gasteiger partial charge < -0.3 is 23.8 Å². The van der Waals surface area contributed by atoms with E-state index >= 15 is 0 Å². The Morgan fingerprint density at radius 2 is 2.21 bits per heavy atom. The fourth-order valence-corrected chi connectivity index (χ4v) is 3.61. The van der Waals surface area contributed by atoms with Crippen molar-refractivity contribution in [3.63, 3.8) is 0 Å². The Labute approximate surface area is 173 Å². The number of hydrogen-bond donors (Lipinski definition) is 0. The Bertz CT molecular complexity index is 695. The van der Waals surface area contributed by atoms with Crippen molar-refractivity contribution in [3.8, 4) is 11.5 Å². The lowest BCUT2D eigenvalue weighted by molar-refractivity contribution is -0.133. The summed E-state index contributed by atoms with van der Waals surface area (Å²) in [5.41, 5.74) is 1.06. The molecule has 0 unspecified atom stereocenters. The van der Waals surface area contributed by atoms with Gasteiger partial charge >= 0.3 is 0 Å². The third-order valence-corrected chi connectivity index (χ3v) is 5.44.